The Bertz CT molecular complexity index is 792. The summed E-state index contributed by atoms with van der Waals surface area (Å²) in [5.41, 5.74) is 0.313. The van der Waals surface area contributed by atoms with Crippen LogP contribution in [0.4, 0.5) is 0 Å². The minimum absolute atomic E-state index is 0.112. The van der Waals surface area contributed by atoms with Gasteiger partial charge in [0.25, 0.3) is 0 Å². The van der Waals surface area contributed by atoms with Gasteiger partial charge in [-0.3, -0.25) is 9.78 Å². The van der Waals surface area contributed by atoms with Gasteiger partial charge in [-0.15, -0.1) is 0 Å². The Labute approximate surface area is 155 Å². The maximum atomic E-state index is 13.5. The van der Waals surface area contributed by atoms with Crippen molar-refractivity contribution in [3.05, 3.63) is 30.1 Å². The van der Waals surface area contributed by atoms with Crippen molar-refractivity contribution < 1.29 is 13.2 Å². The van der Waals surface area contributed by atoms with Crippen LogP contribution in [0.1, 0.15) is 51.0 Å². The van der Waals surface area contributed by atoms with Crippen LogP contribution in [0, 0.1) is 5.41 Å². The van der Waals surface area contributed by atoms with Crippen LogP contribution in [-0.2, 0) is 14.8 Å². The van der Waals surface area contributed by atoms with Gasteiger partial charge in [-0.1, -0.05) is 6.07 Å². The minimum atomic E-state index is -3.30. The molecule has 1 amide bonds. The largest absolute Gasteiger partial charge is 0.340 e. The average molecular weight is 378 g/mol. The molecule has 1 saturated carbocycles. The van der Waals surface area contributed by atoms with Gasteiger partial charge in [0.2, 0.25) is 15.9 Å². The van der Waals surface area contributed by atoms with Crippen molar-refractivity contribution >= 4 is 15.9 Å². The number of hydrogen-bond acceptors (Lipinski definition) is 4. The Kier molecular flexibility index (Phi) is 4.34. The van der Waals surface area contributed by atoms with E-state index in [1.165, 1.54) is 0 Å². The monoisotopic (exact) mass is 377 g/mol. The SMILES string of the molecule is CC(C)N1CCC[C@]2(CN(S(=O)(=O)C3CC3)C[C@@H]2c2cccnc2)C1=O. The molecule has 1 aliphatic carbocycles. The molecule has 2 aliphatic heterocycles. The molecule has 2 atom stereocenters. The molecule has 1 aromatic heterocycles. The van der Waals surface area contributed by atoms with Crippen LogP contribution in [0.3, 0.4) is 0 Å². The third kappa shape index (κ3) is 2.76. The molecule has 4 rings (SSSR count). The van der Waals surface area contributed by atoms with Crippen LogP contribution >= 0.6 is 0 Å². The molecule has 0 aromatic carbocycles. The molecule has 1 aromatic rings. The highest BCUT2D eigenvalue weighted by Gasteiger charge is 2.59. The number of aromatic nitrogens is 1. The number of rotatable bonds is 4. The second-order valence-electron chi connectivity index (χ2n) is 8.23. The molecule has 142 valence electrons. The molecule has 7 heteroatoms. The second-order valence-corrected chi connectivity index (χ2v) is 10.4. The van der Waals surface area contributed by atoms with Crippen molar-refractivity contribution in [2.24, 2.45) is 5.41 Å². The van der Waals surface area contributed by atoms with Crippen molar-refractivity contribution in [3.8, 4) is 0 Å². The lowest BCUT2D eigenvalue weighted by Crippen LogP contribution is -2.54. The van der Waals surface area contributed by atoms with Gasteiger partial charge in [0.15, 0.2) is 0 Å². The summed E-state index contributed by atoms with van der Waals surface area (Å²) in [5, 5.41) is -0.243. The molecule has 0 N–H and O–H groups in total. The van der Waals surface area contributed by atoms with E-state index in [2.05, 4.69) is 4.98 Å². The zero-order valence-corrected chi connectivity index (χ0v) is 16.3. The fraction of sp³-hybridized carbons (Fsp3) is 0.684. The van der Waals surface area contributed by atoms with Crippen molar-refractivity contribution in [1.82, 2.24) is 14.2 Å². The predicted octanol–water partition coefficient (Wildman–Crippen LogP) is 1.99. The molecule has 26 heavy (non-hydrogen) atoms. The van der Waals surface area contributed by atoms with E-state index >= 15 is 0 Å². The summed E-state index contributed by atoms with van der Waals surface area (Å²) in [6.45, 7) is 5.52. The van der Waals surface area contributed by atoms with Gasteiger partial charge in [0.1, 0.15) is 0 Å². The van der Waals surface area contributed by atoms with Crippen LogP contribution in [0.25, 0.3) is 0 Å². The summed E-state index contributed by atoms with van der Waals surface area (Å²) in [5.74, 6) is -0.0140. The van der Waals surface area contributed by atoms with Crippen LogP contribution < -0.4 is 0 Å². The highest BCUT2D eigenvalue weighted by atomic mass is 32.2. The predicted molar refractivity (Wildman–Crippen MR) is 99.0 cm³/mol. The summed E-state index contributed by atoms with van der Waals surface area (Å²) in [7, 11) is -3.30. The molecule has 0 radical (unpaired) electrons. The van der Waals surface area contributed by atoms with E-state index in [1.807, 2.05) is 30.9 Å². The van der Waals surface area contributed by atoms with Gasteiger partial charge in [-0.25, -0.2) is 8.42 Å². The van der Waals surface area contributed by atoms with Gasteiger partial charge < -0.3 is 4.90 Å². The second kappa shape index (κ2) is 6.30. The van der Waals surface area contributed by atoms with E-state index in [4.69, 9.17) is 0 Å². The van der Waals surface area contributed by atoms with Crippen molar-refractivity contribution in [3.63, 3.8) is 0 Å². The third-order valence-electron chi connectivity index (χ3n) is 6.24. The van der Waals surface area contributed by atoms with Crippen molar-refractivity contribution in [2.45, 2.75) is 56.7 Å². The highest BCUT2D eigenvalue weighted by Crippen LogP contribution is 2.51. The van der Waals surface area contributed by atoms with Crippen LogP contribution in [0.5, 0.6) is 0 Å². The fourth-order valence-corrected chi connectivity index (χ4v) is 6.59. The van der Waals surface area contributed by atoms with Crippen LogP contribution in [0.15, 0.2) is 24.5 Å². The number of carbonyl (C=O) groups excluding carboxylic acids is 1. The number of hydrogen-bond donors (Lipinski definition) is 0. The zero-order valence-electron chi connectivity index (χ0n) is 15.5. The molecule has 6 nitrogen and oxygen atoms in total. The molecule has 3 aliphatic rings. The Hall–Kier alpha value is -1.47. The first-order valence-electron chi connectivity index (χ1n) is 9.56. The third-order valence-corrected chi connectivity index (χ3v) is 8.55. The van der Waals surface area contributed by atoms with E-state index in [0.29, 0.717) is 13.1 Å². The maximum absolute atomic E-state index is 13.5. The van der Waals surface area contributed by atoms with E-state index in [9.17, 15) is 13.2 Å². The average Bonchev–Trinajstić information content (AvgIpc) is 3.41. The van der Waals surface area contributed by atoms with Crippen LogP contribution in [0.2, 0.25) is 0 Å². The van der Waals surface area contributed by atoms with E-state index in [0.717, 1.165) is 37.8 Å². The number of likely N-dealkylation sites (tertiary alicyclic amines) is 1. The standard InChI is InChI=1S/C19H27N3O3S/c1-14(2)22-10-4-8-19(18(22)23)13-21(26(24,25)16-6-7-16)12-17(19)15-5-3-9-20-11-15/h3,5,9,11,14,16-17H,4,6-8,10,12-13H2,1-2H3/t17-,19-/m1/s1. The Morgan fingerprint density at radius 3 is 2.69 bits per heavy atom. The highest BCUT2D eigenvalue weighted by molar-refractivity contribution is 7.90. The van der Waals surface area contributed by atoms with Gasteiger partial charge in [-0.2, -0.15) is 4.31 Å². The first-order valence-corrected chi connectivity index (χ1v) is 11.1. The molecular formula is C19H27N3O3S. The number of amides is 1. The van der Waals surface area contributed by atoms with Crippen LogP contribution in [-0.4, -0.2) is 59.4 Å². The summed E-state index contributed by atoms with van der Waals surface area (Å²) < 4.78 is 27.4. The lowest BCUT2D eigenvalue weighted by molar-refractivity contribution is -0.148. The quantitative estimate of drug-likeness (QED) is 0.805. The molecule has 3 heterocycles. The van der Waals surface area contributed by atoms with Gasteiger partial charge >= 0.3 is 0 Å². The number of nitrogens with zero attached hydrogens (tertiary/aromatic N) is 3. The summed E-state index contributed by atoms with van der Waals surface area (Å²) in [6.07, 6.45) is 6.66. The summed E-state index contributed by atoms with van der Waals surface area (Å²) in [6, 6.07) is 3.98. The molecule has 0 unspecified atom stereocenters. The summed E-state index contributed by atoms with van der Waals surface area (Å²) >= 11 is 0. The van der Waals surface area contributed by atoms with E-state index < -0.39 is 15.4 Å². The van der Waals surface area contributed by atoms with Crippen molar-refractivity contribution in [1.29, 1.82) is 0 Å². The molecule has 0 bridgehead atoms. The number of pyridine rings is 1. The van der Waals surface area contributed by atoms with Crippen molar-refractivity contribution in [2.75, 3.05) is 19.6 Å². The molecule has 1 spiro atoms. The molecule has 3 fully saturated rings. The number of sulfonamides is 1. The van der Waals surface area contributed by atoms with E-state index in [-0.39, 0.29) is 23.1 Å². The summed E-state index contributed by atoms with van der Waals surface area (Å²) in [4.78, 5) is 19.7. The normalized spacial score (nSPS) is 30.5. The molecule has 2 saturated heterocycles. The van der Waals surface area contributed by atoms with Gasteiger partial charge in [-0.05, 0) is 51.2 Å². The first-order chi connectivity index (χ1) is 12.4. The van der Waals surface area contributed by atoms with Gasteiger partial charge in [0, 0.05) is 44.0 Å². The number of carbonyl (C=O) groups is 1. The molecular weight excluding hydrogens is 350 g/mol. The topological polar surface area (TPSA) is 70.6 Å². The fourth-order valence-electron chi connectivity index (χ4n) is 4.67. The first kappa shape index (κ1) is 17.9. The Balaban J connectivity index is 1.75. The Morgan fingerprint density at radius 1 is 1.31 bits per heavy atom. The smallest absolute Gasteiger partial charge is 0.231 e. The van der Waals surface area contributed by atoms with Gasteiger partial charge in [0.05, 0.1) is 10.7 Å². The lowest BCUT2D eigenvalue weighted by Gasteiger charge is -2.44. The Morgan fingerprint density at radius 2 is 2.08 bits per heavy atom. The number of piperidine rings is 1. The maximum Gasteiger partial charge on any atom is 0.231 e. The lowest BCUT2D eigenvalue weighted by atomic mass is 9.69. The van der Waals surface area contributed by atoms with E-state index in [1.54, 1.807) is 16.7 Å². The minimum Gasteiger partial charge on any atom is -0.340 e. The zero-order chi connectivity index (χ0) is 18.5.